The highest BCUT2D eigenvalue weighted by Crippen LogP contribution is 2.35. The first-order valence-electron chi connectivity index (χ1n) is 6.74. The summed E-state index contributed by atoms with van der Waals surface area (Å²) in [5.74, 6) is -0.580. The van der Waals surface area contributed by atoms with Crippen molar-refractivity contribution in [1.29, 1.82) is 0 Å². The molecule has 0 radical (unpaired) electrons. The Balaban J connectivity index is 2.45. The van der Waals surface area contributed by atoms with Crippen LogP contribution in [-0.4, -0.2) is 25.3 Å². The molecule has 2 aromatic rings. The van der Waals surface area contributed by atoms with E-state index in [1.165, 1.54) is 26.4 Å². The molecule has 0 fully saturated rings. The SMILES string of the molecule is COc1ccc([C@H](CC(=O)O)c2ccc(F)cc2)cc1OC. The van der Waals surface area contributed by atoms with Gasteiger partial charge in [0.1, 0.15) is 5.82 Å². The highest BCUT2D eigenvalue weighted by molar-refractivity contribution is 5.69. The fourth-order valence-electron chi connectivity index (χ4n) is 2.37. The van der Waals surface area contributed by atoms with Gasteiger partial charge in [-0.3, -0.25) is 4.79 Å². The Labute approximate surface area is 128 Å². The molecule has 4 nitrogen and oxygen atoms in total. The summed E-state index contributed by atoms with van der Waals surface area (Å²) in [6.07, 6.45) is -0.0961. The molecule has 116 valence electrons. The van der Waals surface area contributed by atoms with Gasteiger partial charge in [0.05, 0.1) is 20.6 Å². The molecule has 0 heterocycles. The minimum atomic E-state index is -0.927. The number of rotatable bonds is 6. The molecule has 22 heavy (non-hydrogen) atoms. The van der Waals surface area contributed by atoms with Gasteiger partial charge >= 0.3 is 5.97 Å². The number of carboxylic acids is 1. The monoisotopic (exact) mass is 304 g/mol. The van der Waals surface area contributed by atoms with Crippen LogP contribution in [0.25, 0.3) is 0 Å². The molecule has 1 atom stereocenters. The number of carboxylic acid groups (broad SMARTS) is 1. The number of ether oxygens (including phenoxy) is 2. The molecular formula is C17H17FO4. The summed E-state index contributed by atoms with van der Waals surface area (Å²) in [4.78, 5) is 11.2. The zero-order chi connectivity index (χ0) is 16.1. The summed E-state index contributed by atoms with van der Waals surface area (Å²) in [5.41, 5.74) is 1.50. The molecule has 2 rings (SSSR count). The standard InChI is InChI=1S/C17H17FO4/c1-21-15-8-5-12(9-16(15)22-2)14(10-17(19)20)11-3-6-13(18)7-4-11/h3-9,14H,10H2,1-2H3,(H,19,20)/t14-/m1/s1. The maximum absolute atomic E-state index is 13.1. The molecule has 0 aliphatic carbocycles. The molecule has 0 aliphatic heterocycles. The number of halogens is 1. The Hall–Kier alpha value is -2.56. The first kappa shape index (κ1) is 15.8. The third-order valence-corrected chi connectivity index (χ3v) is 3.46. The summed E-state index contributed by atoms with van der Waals surface area (Å²) < 4.78 is 23.5. The van der Waals surface area contributed by atoms with Gasteiger partial charge < -0.3 is 14.6 Å². The molecule has 2 aromatic carbocycles. The van der Waals surface area contributed by atoms with Gasteiger partial charge in [-0.25, -0.2) is 4.39 Å². The molecule has 0 unspecified atom stereocenters. The minimum absolute atomic E-state index is 0.0961. The number of methoxy groups -OCH3 is 2. The van der Waals surface area contributed by atoms with Crippen molar-refractivity contribution in [3.8, 4) is 11.5 Å². The van der Waals surface area contributed by atoms with Gasteiger partial charge in [-0.2, -0.15) is 0 Å². The first-order valence-corrected chi connectivity index (χ1v) is 6.74. The average Bonchev–Trinajstić information content (AvgIpc) is 2.52. The Bertz CT molecular complexity index is 652. The molecular weight excluding hydrogens is 287 g/mol. The third-order valence-electron chi connectivity index (χ3n) is 3.46. The average molecular weight is 304 g/mol. The Morgan fingerprint density at radius 1 is 1.05 bits per heavy atom. The lowest BCUT2D eigenvalue weighted by Gasteiger charge is -2.18. The fourth-order valence-corrected chi connectivity index (χ4v) is 2.37. The predicted molar refractivity (Wildman–Crippen MR) is 80.0 cm³/mol. The lowest BCUT2D eigenvalue weighted by atomic mass is 9.88. The van der Waals surface area contributed by atoms with E-state index in [2.05, 4.69) is 0 Å². The van der Waals surface area contributed by atoms with Crippen LogP contribution in [0, 0.1) is 5.82 Å². The van der Waals surface area contributed by atoms with Gasteiger partial charge in [0.15, 0.2) is 11.5 Å². The zero-order valence-electron chi connectivity index (χ0n) is 12.4. The normalized spacial score (nSPS) is 11.8. The number of carbonyl (C=O) groups is 1. The summed E-state index contributed by atoms with van der Waals surface area (Å²) in [6.45, 7) is 0. The maximum Gasteiger partial charge on any atom is 0.304 e. The maximum atomic E-state index is 13.1. The molecule has 0 saturated heterocycles. The van der Waals surface area contributed by atoms with E-state index in [1.807, 2.05) is 0 Å². The van der Waals surface area contributed by atoms with Gasteiger partial charge in [0.2, 0.25) is 0 Å². The van der Waals surface area contributed by atoms with Crippen molar-refractivity contribution >= 4 is 5.97 Å². The highest BCUT2D eigenvalue weighted by Gasteiger charge is 2.19. The van der Waals surface area contributed by atoms with E-state index >= 15 is 0 Å². The van der Waals surface area contributed by atoms with Crippen molar-refractivity contribution in [1.82, 2.24) is 0 Å². The second kappa shape index (κ2) is 6.93. The van der Waals surface area contributed by atoms with Crippen LogP contribution in [0.15, 0.2) is 42.5 Å². The lowest BCUT2D eigenvalue weighted by Crippen LogP contribution is -2.08. The van der Waals surface area contributed by atoms with Gasteiger partial charge in [0.25, 0.3) is 0 Å². The number of hydrogen-bond donors (Lipinski definition) is 1. The molecule has 0 spiro atoms. The number of hydrogen-bond acceptors (Lipinski definition) is 3. The second-order valence-electron chi connectivity index (χ2n) is 4.82. The van der Waals surface area contributed by atoms with E-state index < -0.39 is 11.9 Å². The van der Waals surface area contributed by atoms with E-state index in [0.29, 0.717) is 11.5 Å². The predicted octanol–water partition coefficient (Wildman–Crippen LogP) is 3.45. The van der Waals surface area contributed by atoms with Crippen molar-refractivity contribution in [3.05, 3.63) is 59.4 Å². The summed E-state index contributed by atoms with van der Waals surface area (Å²) >= 11 is 0. The van der Waals surface area contributed by atoms with Crippen LogP contribution in [0.3, 0.4) is 0 Å². The molecule has 0 aliphatic rings. The Kier molecular flexibility index (Phi) is 4.99. The zero-order valence-corrected chi connectivity index (χ0v) is 12.4. The van der Waals surface area contributed by atoms with Crippen LogP contribution >= 0.6 is 0 Å². The minimum Gasteiger partial charge on any atom is -0.493 e. The topological polar surface area (TPSA) is 55.8 Å². The molecule has 1 N–H and O–H groups in total. The largest absolute Gasteiger partial charge is 0.493 e. The molecule has 0 bridgehead atoms. The fraction of sp³-hybridized carbons (Fsp3) is 0.235. The van der Waals surface area contributed by atoms with Crippen molar-refractivity contribution in [2.24, 2.45) is 0 Å². The molecule has 5 heteroatoms. The van der Waals surface area contributed by atoms with E-state index in [0.717, 1.165) is 11.1 Å². The van der Waals surface area contributed by atoms with Crippen LogP contribution in [0.4, 0.5) is 4.39 Å². The van der Waals surface area contributed by atoms with Gasteiger partial charge in [-0.15, -0.1) is 0 Å². The smallest absolute Gasteiger partial charge is 0.304 e. The van der Waals surface area contributed by atoms with Gasteiger partial charge in [0, 0.05) is 5.92 Å². The summed E-state index contributed by atoms with van der Waals surface area (Å²) in [7, 11) is 3.05. The van der Waals surface area contributed by atoms with Crippen LogP contribution < -0.4 is 9.47 Å². The van der Waals surface area contributed by atoms with Crippen molar-refractivity contribution in [2.75, 3.05) is 14.2 Å². The van der Waals surface area contributed by atoms with Crippen molar-refractivity contribution < 1.29 is 23.8 Å². The molecule has 0 saturated carbocycles. The number of aliphatic carboxylic acids is 1. The second-order valence-corrected chi connectivity index (χ2v) is 4.82. The Morgan fingerprint density at radius 2 is 1.64 bits per heavy atom. The number of benzene rings is 2. The van der Waals surface area contributed by atoms with E-state index in [4.69, 9.17) is 14.6 Å². The van der Waals surface area contributed by atoms with E-state index in [-0.39, 0.29) is 12.2 Å². The van der Waals surface area contributed by atoms with Crippen molar-refractivity contribution in [3.63, 3.8) is 0 Å². The summed E-state index contributed by atoms with van der Waals surface area (Å²) in [6, 6.07) is 11.1. The van der Waals surface area contributed by atoms with Gasteiger partial charge in [-0.1, -0.05) is 18.2 Å². The van der Waals surface area contributed by atoms with Crippen LogP contribution in [0.5, 0.6) is 11.5 Å². The quantitative estimate of drug-likeness (QED) is 0.888. The van der Waals surface area contributed by atoms with Crippen LogP contribution in [-0.2, 0) is 4.79 Å². The summed E-state index contributed by atoms with van der Waals surface area (Å²) in [5, 5.41) is 9.16. The van der Waals surface area contributed by atoms with Crippen molar-refractivity contribution in [2.45, 2.75) is 12.3 Å². The first-order chi connectivity index (χ1) is 10.5. The van der Waals surface area contributed by atoms with E-state index in [1.54, 1.807) is 30.3 Å². The van der Waals surface area contributed by atoms with E-state index in [9.17, 15) is 9.18 Å². The van der Waals surface area contributed by atoms with Crippen LogP contribution in [0.2, 0.25) is 0 Å². The Morgan fingerprint density at radius 3 is 2.18 bits per heavy atom. The van der Waals surface area contributed by atoms with Gasteiger partial charge in [-0.05, 0) is 35.4 Å². The molecule has 0 aromatic heterocycles. The third kappa shape index (κ3) is 3.55. The highest BCUT2D eigenvalue weighted by atomic mass is 19.1. The van der Waals surface area contributed by atoms with Crippen LogP contribution in [0.1, 0.15) is 23.5 Å². The molecule has 0 amide bonds. The lowest BCUT2D eigenvalue weighted by molar-refractivity contribution is -0.137.